The molecule has 31 heavy (non-hydrogen) atoms. The lowest BCUT2D eigenvalue weighted by Crippen LogP contribution is -2.22. The number of benzene rings is 2. The van der Waals surface area contributed by atoms with Crippen LogP contribution in [-0.4, -0.2) is 25.1 Å². The molecule has 0 fully saturated rings. The highest BCUT2D eigenvalue weighted by Crippen LogP contribution is 2.11. The molecule has 0 aliphatic rings. The van der Waals surface area contributed by atoms with Crippen molar-refractivity contribution in [3.05, 3.63) is 93.5 Å². The van der Waals surface area contributed by atoms with E-state index < -0.39 is 11.4 Å². The van der Waals surface area contributed by atoms with Crippen LogP contribution in [0.1, 0.15) is 24.2 Å². The minimum atomic E-state index is -0.430. The highest BCUT2D eigenvalue weighted by Gasteiger charge is 2.12. The fourth-order valence-corrected chi connectivity index (χ4v) is 3.36. The Morgan fingerprint density at radius 1 is 1.10 bits per heavy atom. The van der Waals surface area contributed by atoms with E-state index in [1.165, 1.54) is 22.8 Å². The molecule has 0 saturated heterocycles. The first-order valence-corrected chi connectivity index (χ1v) is 10.1. The molecule has 2 aromatic heterocycles. The van der Waals surface area contributed by atoms with Gasteiger partial charge in [-0.3, -0.25) is 18.6 Å². The zero-order chi connectivity index (χ0) is 21.8. The van der Waals surface area contributed by atoms with Crippen LogP contribution in [0.25, 0.3) is 11.3 Å². The summed E-state index contributed by atoms with van der Waals surface area (Å²) in [6.07, 6.45) is 4.58. The van der Waals surface area contributed by atoms with Crippen LogP contribution in [0.5, 0.6) is 0 Å². The van der Waals surface area contributed by atoms with Crippen molar-refractivity contribution >= 4 is 23.2 Å². The van der Waals surface area contributed by atoms with E-state index in [0.29, 0.717) is 42.3 Å². The molecule has 0 unspecified atom stereocenters. The standard InChI is InChI=1S/C22H19ClFN5O2/c23-16-9-7-15(8-10-16)14-25-20(30)6-2-5-19-26-27-21-22(31)28(11-12-29(19)21)18-4-1-3-17(24)13-18/h1,3-4,7-13H,2,5-6,14H2,(H,25,30). The quantitative estimate of drug-likeness (QED) is 0.479. The number of halogens is 2. The Morgan fingerprint density at radius 3 is 2.68 bits per heavy atom. The zero-order valence-corrected chi connectivity index (χ0v) is 17.2. The minimum absolute atomic E-state index is 0.0720. The molecule has 1 N–H and O–H groups in total. The molecule has 2 heterocycles. The Morgan fingerprint density at radius 2 is 1.90 bits per heavy atom. The second-order valence-electron chi connectivity index (χ2n) is 7.02. The summed E-state index contributed by atoms with van der Waals surface area (Å²) in [5, 5.41) is 11.6. The molecule has 0 spiro atoms. The summed E-state index contributed by atoms with van der Waals surface area (Å²) in [4.78, 5) is 24.8. The maximum absolute atomic E-state index is 13.5. The van der Waals surface area contributed by atoms with Gasteiger partial charge in [0.1, 0.15) is 11.6 Å². The van der Waals surface area contributed by atoms with Gasteiger partial charge in [0, 0.05) is 36.8 Å². The van der Waals surface area contributed by atoms with E-state index in [9.17, 15) is 14.0 Å². The third-order valence-corrected chi connectivity index (χ3v) is 5.09. The van der Waals surface area contributed by atoms with Crippen molar-refractivity contribution < 1.29 is 9.18 Å². The lowest BCUT2D eigenvalue weighted by Gasteiger charge is -2.07. The van der Waals surface area contributed by atoms with Crippen LogP contribution in [0.15, 0.2) is 65.7 Å². The number of nitrogens with one attached hydrogen (secondary N) is 1. The number of aryl methyl sites for hydroxylation is 1. The van der Waals surface area contributed by atoms with Gasteiger partial charge in [-0.25, -0.2) is 4.39 Å². The number of aromatic nitrogens is 4. The fraction of sp³-hybridized carbons (Fsp3) is 0.182. The number of fused-ring (bicyclic) bond motifs is 1. The molecule has 1 amide bonds. The minimum Gasteiger partial charge on any atom is -0.352 e. The first kappa shape index (κ1) is 20.7. The Kier molecular flexibility index (Phi) is 6.08. The predicted molar refractivity (Wildman–Crippen MR) is 115 cm³/mol. The molecule has 0 radical (unpaired) electrons. The van der Waals surface area contributed by atoms with Gasteiger partial charge < -0.3 is 5.32 Å². The second kappa shape index (κ2) is 9.09. The van der Waals surface area contributed by atoms with E-state index in [0.717, 1.165) is 5.56 Å². The number of hydrogen-bond acceptors (Lipinski definition) is 4. The van der Waals surface area contributed by atoms with Crippen molar-refractivity contribution in [2.24, 2.45) is 0 Å². The van der Waals surface area contributed by atoms with Crippen molar-refractivity contribution in [3.63, 3.8) is 0 Å². The number of carbonyl (C=O) groups is 1. The fourth-order valence-electron chi connectivity index (χ4n) is 3.23. The Hall–Kier alpha value is -3.52. The van der Waals surface area contributed by atoms with Gasteiger partial charge in [0.15, 0.2) is 0 Å². The third-order valence-electron chi connectivity index (χ3n) is 4.83. The molecule has 0 saturated carbocycles. The summed E-state index contributed by atoms with van der Waals surface area (Å²) < 4.78 is 16.4. The molecule has 0 aliphatic carbocycles. The lowest BCUT2D eigenvalue weighted by molar-refractivity contribution is -0.121. The third kappa shape index (κ3) is 4.80. The maximum Gasteiger partial charge on any atom is 0.300 e. The molecule has 4 rings (SSSR count). The van der Waals surface area contributed by atoms with Gasteiger partial charge in [0.05, 0.1) is 5.69 Å². The molecule has 0 aliphatic heterocycles. The van der Waals surface area contributed by atoms with E-state index in [2.05, 4.69) is 15.5 Å². The van der Waals surface area contributed by atoms with Crippen LogP contribution in [0, 0.1) is 5.82 Å². The van der Waals surface area contributed by atoms with Crippen molar-refractivity contribution in [2.75, 3.05) is 0 Å². The first-order chi connectivity index (χ1) is 15.0. The molecule has 2 aromatic carbocycles. The molecule has 4 aromatic rings. The van der Waals surface area contributed by atoms with Crippen molar-refractivity contribution in [2.45, 2.75) is 25.8 Å². The van der Waals surface area contributed by atoms with E-state index in [1.54, 1.807) is 35.0 Å². The average molecular weight is 440 g/mol. The van der Waals surface area contributed by atoms with Gasteiger partial charge >= 0.3 is 5.56 Å². The SMILES string of the molecule is O=C(CCCc1nnc2c(=O)n(-c3cccc(F)c3)ccn12)NCc1ccc(Cl)cc1. The molecule has 7 nitrogen and oxygen atoms in total. The Bertz CT molecular complexity index is 1280. The summed E-state index contributed by atoms with van der Waals surface area (Å²) in [5.41, 5.74) is 1.13. The summed E-state index contributed by atoms with van der Waals surface area (Å²) >= 11 is 5.85. The summed E-state index contributed by atoms with van der Waals surface area (Å²) in [6, 6.07) is 13.0. The topological polar surface area (TPSA) is 81.3 Å². The average Bonchev–Trinajstić information content (AvgIpc) is 3.17. The molecular weight excluding hydrogens is 421 g/mol. The molecule has 0 bridgehead atoms. The van der Waals surface area contributed by atoms with Crippen LogP contribution in [0.3, 0.4) is 0 Å². The number of rotatable bonds is 7. The van der Waals surface area contributed by atoms with Gasteiger partial charge in [-0.2, -0.15) is 0 Å². The monoisotopic (exact) mass is 439 g/mol. The number of hydrogen-bond donors (Lipinski definition) is 1. The van der Waals surface area contributed by atoms with E-state index in [1.807, 2.05) is 12.1 Å². The van der Waals surface area contributed by atoms with E-state index in [-0.39, 0.29) is 11.6 Å². The van der Waals surface area contributed by atoms with Crippen molar-refractivity contribution in [3.8, 4) is 5.69 Å². The zero-order valence-electron chi connectivity index (χ0n) is 16.5. The van der Waals surface area contributed by atoms with Crippen molar-refractivity contribution in [1.82, 2.24) is 24.5 Å². The van der Waals surface area contributed by atoms with Crippen molar-refractivity contribution in [1.29, 1.82) is 0 Å². The summed E-state index contributed by atoms with van der Waals surface area (Å²) in [6.45, 7) is 0.434. The summed E-state index contributed by atoms with van der Waals surface area (Å²) in [5.74, 6) is 0.0852. The largest absolute Gasteiger partial charge is 0.352 e. The van der Waals surface area contributed by atoms with Crippen LogP contribution >= 0.6 is 11.6 Å². The van der Waals surface area contributed by atoms with Gasteiger partial charge in [-0.1, -0.05) is 29.8 Å². The molecule has 158 valence electrons. The smallest absolute Gasteiger partial charge is 0.300 e. The van der Waals surface area contributed by atoms with Crippen LogP contribution in [0.2, 0.25) is 5.02 Å². The Labute approximate surface area is 182 Å². The predicted octanol–water partition coefficient (Wildman–Crippen LogP) is 3.31. The number of nitrogens with zero attached hydrogens (tertiary/aromatic N) is 4. The maximum atomic E-state index is 13.5. The lowest BCUT2D eigenvalue weighted by atomic mass is 10.2. The summed E-state index contributed by atoms with van der Waals surface area (Å²) in [7, 11) is 0. The van der Waals surface area contributed by atoms with Crippen LogP contribution in [-0.2, 0) is 17.8 Å². The molecule has 0 atom stereocenters. The van der Waals surface area contributed by atoms with E-state index >= 15 is 0 Å². The van der Waals surface area contributed by atoms with Crippen LogP contribution in [0.4, 0.5) is 4.39 Å². The Balaban J connectivity index is 1.38. The highest BCUT2D eigenvalue weighted by molar-refractivity contribution is 6.30. The first-order valence-electron chi connectivity index (χ1n) is 9.73. The highest BCUT2D eigenvalue weighted by atomic mass is 35.5. The van der Waals surface area contributed by atoms with Gasteiger partial charge in [0.2, 0.25) is 11.6 Å². The van der Waals surface area contributed by atoms with Gasteiger partial charge in [0.25, 0.3) is 0 Å². The van der Waals surface area contributed by atoms with Gasteiger partial charge in [-0.05, 0) is 42.3 Å². The number of amides is 1. The van der Waals surface area contributed by atoms with Gasteiger partial charge in [-0.15, -0.1) is 10.2 Å². The molecular formula is C22H19ClFN5O2. The second-order valence-corrected chi connectivity index (χ2v) is 7.46. The molecule has 9 heteroatoms. The number of carbonyl (C=O) groups excluding carboxylic acids is 1. The van der Waals surface area contributed by atoms with E-state index in [4.69, 9.17) is 11.6 Å². The van der Waals surface area contributed by atoms with Crippen LogP contribution < -0.4 is 10.9 Å². The normalized spacial score (nSPS) is 11.0.